The molecule has 2 N–H and O–H groups in total. The van der Waals surface area contributed by atoms with Crippen molar-refractivity contribution in [3.8, 4) is 10.6 Å². The van der Waals surface area contributed by atoms with Crippen LogP contribution in [0.1, 0.15) is 52.7 Å². The Morgan fingerprint density at radius 1 is 1.00 bits per heavy atom. The standard InChI is InChI=1S/C29H35F3N6O6S/c1-27(2,3)43-25(39)34-20(14-17-8-11-19(12-9-17)29(30,31)32)16-37(26(40)44-28(4,5)6)24-36-35-23(45-24)18-10-13-22(38(41)42)21(15-18)33-7/h8-13,15,20,33H,14,16H2,1-7H3,(H,34,39). The van der Waals surface area contributed by atoms with E-state index in [2.05, 4.69) is 20.8 Å². The first-order valence-corrected chi connectivity index (χ1v) is 14.5. The first-order valence-electron chi connectivity index (χ1n) is 13.7. The van der Waals surface area contributed by atoms with E-state index in [4.69, 9.17) is 9.47 Å². The van der Waals surface area contributed by atoms with Crippen molar-refractivity contribution in [2.24, 2.45) is 0 Å². The summed E-state index contributed by atoms with van der Waals surface area (Å²) in [5, 5.41) is 25.6. The molecule has 0 bridgehead atoms. The van der Waals surface area contributed by atoms with Gasteiger partial charge >= 0.3 is 18.4 Å². The van der Waals surface area contributed by atoms with Crippen LogP contribution >= 0.6 is 11.3 Å². The van der Waals surface area contributed by atoms with Gasteiger partial charge in [0.25, 0.3) is 5.69 Å². The van der Waals surface area contributed by atoms with Crippen LogP contribution in [0.2, 0.25) is 0 Å². The van der Waals surface area contributed by atoms with E-state index in [1.165, 1.54) is 42.3 Å². The minimum Gasteiger partial charge on any atom is -0.444 e. The normalized spacial score (nSPS) is 12.7. The fraction of sp³-hybridized carbons (Fsp3) is 0.448. The highest BCUT2D eigenvalue weighted by Crippen LogP contribution is 2.35. The molecule has 1 unspecified atom stereocenters. The number of amides is 2. The lowest BCUT2D eigenvalue weighted by atomic mass is 10.0. The van der Waals surface area contributed by atoms with Crippen molar-refractivity contribution < 1.29 is 37.2 Å². The van der Waals surface area contributed by atoms with Crippen LogP contribution in [0.3, 0.4) is 0 Å². The average Bonchev–Trinajstić information content (AvgIpc) is 3.38. The van der Waals surface area contributed by atoms with E-state index < -0.39 is 46.1 Å². The summed E-state index contributed by atoms with van der Waals surface area (Å²) < 4.78 is 50.4. The van der Waals surface area contributed by atoms with Crippen LogP contribution in [0.25, 0.3) is 10.6 Å². The molecule has 16 heteroatoms. The summed E-state index contributed by atoms with van der Waals surface area (Å²) in [5.41, 5.74) is -1.53. The molecule has 2 aromatic carbocycles. The fourth-order valence-electron chi connectivity index (χ4n) is 3.99. The van der Waals surface area contributed by atoms with E-state index in [0.717, 1.165) is 23.5 Å². The van der Waals surface area contributed by atoms with E-state index >= 15 is 0 Å². The molecule has 0 aliphatic rings. The zero-order chi connectivity index (χ0) is 33.7. The number of rotatable bonds is 9. The Morgan fingerprint density at radius 2 is 1.62 bits per heavy atom. The lowest BCUT2D eigenvalue weighted by Gasteiger charge is -2.29. The maximum Gasteiger partial charge on any atom is 0.416 e. The Kier molecular flexibility index (Phi) is 10.6. The first kappa shape index (κ1) is 35.0. The summed E-state index contributed by atoms with van der Waals surface area (Å²) in [4.78, 5) is 38.3. The highest BCUT2D eigenvalue weighted by Gasteiger charge is 2.32. The van der Waals surface area contributed by atoms with Crippen molar-refractivity contribution in [1.29, 1.82) is 0 Å². The zero-order valence-electron chi connectivity index (χ0n) is 25.8. The molecular formula is C29H35F3N6O6S. The van der Waals surface area contributed by atoms with Gasteiger partial charge in [-0.15, -0.1) is 10.2 Å². The van der Waals surface area contributed by atoms with Gasteiger partial charge in [0.15, 0.2) is 0 Å². The van der Waals surface area contributed by atoms with Crippen LogP contribution < -0.4 is 15.5 Å². The number of anilines is 2. The Labute approximate surface area is 262 Å². The van der Waals surface area contributed by atoms with Gasteiger partial charge in [0, 0.05) is 18.7 Å². The number of nitro groups is 1. The van der Waals surface area contributed by atoms with Crippen molar-refractivity contribution in [3.05, 3.63) is 63.7 Å². The quantitative estimate of drug-likeness (QED) is 0.183. The summed E-state index contributed by atoms with van der Waals surface area (Å²) >= 11 is 1.00. The van der Waals surface area contributed by atoms with Gasteiger partial charge in [0.2, 0.25) is 5.13 Å². The molecule has 45 heavy (non-hydrogen) atoms. The number of nitrogens with zero attached hydrogens (tertiary/aromatic N) is 4. The van der Waals surface area contributed by atoms with E-state index in [1.54, 1.807) is 41.5 Å². The molecule has 0 spiro atoms. The number of nitro benzene ring substituents is 1. The van der Waals surface area contributed by atoms with Gasteiger partial charge in [-0.25, -0.2) is 14.5 Å². The Hall–Kier alpha value is -4.47. The molecule has 12 nitrogen and oxygen atoms in total. The molecule has 1 aromatic heterocycles. The van der Waals surface area contributed by atoms with Crippen molar-refractivity contribution >= 4 is 40.0 Å². The van der Waals surface area contributed by atoms with Crippen LogP contribution in [0, 0.1) is 10.1 Å². The van der Waals surface area contributed by atoms with Gasteiger partial charge in [-0.05, 0) is 77.8 Å². The van der Waals surface area contributed by atoms with Gasteiger partial charge in [-0.2, -0.15) is 13.2 Å². The minimum atomic E-state index is -4.52. The molecular weight excluding hydrogens is 617 g/mol. The predicted molar refractivity (Wildman–Crippen MR) is 163 cm³/mol. The SMILES string of the molecule is CNc1cc(-c2nnc(N(CC(Cc3ccc(C(F)(F)F)cc3)NC(=O)OC(C)(C)C)C(=O)OC(C)(C)C)s2)ccc1[N+](=O)[O-]. The summed E-state index contributed by atoms with van der Waals surface area (Å²) in [6, 6.07) is 7.93. The Bertz CT molecular complexity index is 1520. The summed E-state index contributed by atoms with van der Waals surface area (Å²) in [7, 11) is 1.54. The smallest absolute Gasteiger partial charge is 0.416 e. The van der Waals surface area contributed by atoms with Crippen LogP contribution in [0.4, 0.5) is 39.3 Å². The molecule has 1 heterocycles. The number of aromatic nitrogens is 2. The van der Waals surface area contributed by atoms with Crippen molar-refractivity contribution in [2.75, 3.05) is 23.8 Å². The molecule has 0 aliphatic heterocycles. The van der Waals surface area contributed by atoms with E-state index in [0.29, 0.717) is 16.1 Å². The van der Waals surface area contributed by atoms with Gasteiger partial charge < -0.3 is 20.1 Å². The minimum absolute atomic E-state index is 0.0240. The number of carbonyl (C=O) groups excluding carboxylic acids is 2. The number of benzene rings is 2. The van der Waals surface area contributed by atoms with Crippen LogP contribution in [-0.4, -0.2) is 58.1 Å². The molecule has 2 amide bonds. The number of hydrogen-bond acceptors (Lipinski definition) is 10. The third-order valence-corrected chi connectivity index (χ3v) is 6.85. The number of hydrogen-bond donors (Lipinski definition) is 2. The lowest BCUT2D eigenvalue weighted by molar-refractivity contribution is -0.383. The molecule has 244 valence electrons. The van der Waals surface area contributed by atoms with Gasteiger partial charge in [0.05, 0.1) is 23.1 Å². The van der Waals surface area contributed by atoms with Gasteiger partial charge in [0.1, 0.15) is 21.9 Å². The molecule has 0 fully saturated rings. The monoisotopic (exact) mass is 652 g/mol. The van der Waals surface area contributed by atoms with Crippen LogP contribution in [0.5, 0.6) is 0 Å². The summed E-state index contributed by atoms with van der Waals surface area (Å²) in [6.45, 7) is 9.81. The van der Waals surface area contributed by atoms with Gasteiger partial charge in [-0.1, -0.05) is 23.5 Å². The Balaban J connectivity index is 2.00. The first-order chi connectivity index (χ1) is 20.8. The summed E-state index contributed by atoms with van der Waals surface area (Å²) in [5.74, 6) is 0. The molecule has 0 saturated carbocycles. The van der Waals surface area contributed by atoms with E-state index in [1.807, 2.05) is 0 Å². The number of nitrogens with one attached hydrogen (secondary N) is 2. The highest BCUT2D eigenvalue weighted by molar-refractivity contribution is 7.18. The lowest BCUT2D eigenvalue weighted by Crippen LogP contribution is -2.49. The molecule has 0 saturated heterocycles. The van der Waals surface area contributed by atoms with E-state index in [9.17, 15) is 32.9 Å². The topological polar surface area (TPSA) is 149 Å². The van der Waals surface area contributed by atoms with Crippen LogP contribution in [0.15, 0.2) is 42.5 Å². The number of halogens is 3. The summed E-state index contributed by atoms with van der Waals surface area (Å²) in [6.07, 6.45) is -6.11. The third-order valence-electron chi connectivity index (χ3n) is 5.86. The molecule has 1 atom stereocenters. The molecule has 0 radical (unpaired) electrons. The number of alkyl halides is 3. The number of carbonyl (C=O) groups is 2. The highest BCUT2D eigenvalue weighted by atomic mass is 32.1. The van der Waals surface area contributed by atoms with Crippen molar-refractivity contribution in [2.45, 2.75) is 71.4 Å². The van der Waals surface area contributed by atoms with Crippen molar-refractivity contribution in [3.63, 3.8) is 0 Å². The van der Waals surface area contributed by atoms with E-state index in [-0.39, 0.29) is 29.5 Å². The van der Waals surface area contributed by atoms with Gasteiger partial charge in [-0.3, -0.25) is 10.1 Å². The Morgan fingerprint density at radius 3 is 2.16 bits per heavy atom. The maximum atomic E-state index is 13.5. The number of ether oxygens (including phenoxy) is 2. The van der Waals surface area contributed by atoms with Crippen molar-refractivity contribution in [1.82, 2.24) is 15.5 Å². The molecule has 0 aliphatic carbocycles. The second-order valence-corrected chi connectivity index (χ2v) is 12.9. The maximum absolute atomic E-state index is 13.5. The number of alkyl carbamates (subject to hydrolysis) is 1. The zero-order valence-corrected chi connectivity index (χ0v) is 26.6. The fourth-order valence-corrected chi connectivity index (χ4v) is 4.83. The second kappa shape index (κ2) is 13.7. The molecule has 3 aromatic rings. The largest absolute Gasteiger partial charge is 0.444 e. The third kappa shape index (κ3) is 10.3. The molecule has 3 rings (SSSR count). The van der Waals surface area contributed by atoms with Crippen LogP contribution in [-0.2, 0) is 22.1 Å². The average molecular weight is 653 g/mol. The second-order valence-electron chi connectivity index (χ2n) is 12.0. The predicted octanol–water partition coefficient (Wildman–Crippen LogP) is 7.05.